The molecule has 1 aromatic rings. The summed E-state index contributed by atoms with van der Waals surface area (Å²) in [5.74, 6) is -1.11. The lowest BCUT2D eigenvalue weighted by atomic mass is 10.3. The lowest BCUT2D eigenvalue weighted by Gasteiger charge is -2.19. The SMILES string of the molecule is COCCN(CCC#N)C(=O)c1ccc([N+](=O)[O-])o1. The Morgan fingerprint density at radius 1 is 1.58 bits per heavy atom. The van der Waals surface area contributed by atoms with E-state index in [1.807, 2.05) is 6.07 Å². The van der Waals surface area contributed by atoms with E-state index < -0.39 is 16.7 Å². The standard InChI is InChI=1S/C11H13N3O5/c1-18-8-7-13(6-2-5-12)11(15)9-3-4-10(19-9)14(16)17/h3-4H,2,6-8H2,1H3. The van der Waals surface area contributed by atoms with Crippen molar-refractivity contribution in [1.29, 1.82) is 5.26 Å². The average Bonchev–Trinajstić information content (AvgIpc) is 2.88. The Labute approximate surface area is 109 Å². The van der Waals surface area contributed by atoms with Gasteiger partial charge in [0.2, 0.25) is 0 Å². The van der Waals surface area contributed by atoms with Crippen LogP contribution in [0.15, 0.2) is 16.5 Å². The van der Waals surface area contributed by atoms with Crippen LogP contribution in [0, 0.1) is 21.4 Å². The van der Waals surface area contributed by atoms with E-state index in [0.717, 1.165) is 6.07 Å². The number of furan rings is 1. The molecule has 0 aliphatic rings. The molecule has 0 saturated carbocycles. The van der Waals surface area contributed by atoms with Gasteiger partial charge in [-0.05, 0) is 6.07 Å². The molecule has 8 nitrogen and oxygen atoms in total. The van der Waals surface area contributed by atoms with Crippen molar-refractivity contribution >= 4 is 11.8 Å². The molecule has 0 fully saturated rings. The van der Waals surface area contributed by atoms with Crippen molar-refractivity contribution < 1.29 is 18.9 Å². The van der Waals surface area contributed by atoms with E-state index in [4.69, 9.17) is 14.4 Å². The third-order valence-corrected chi connectivity index (χ3v) is 2.33. The second kappa shape index (κ2) is 7.13. The minimum absolute atomic E-state index is 0.124. The number of carbonyl (C=O) groups excluding carboxylic acids is 1. The number of amides is 1. The van der Waals surface area contributed by atoms with E-state index in [2.05, 4.69) is 0 Å². The third-order valence-electron chi connectivity index (χ3n) is 2.33. The molecule has 0 atom stereocenters. The van der Waals surface area contributed by atoms with Crippen LogP contribution >= 0.6 is 0 Å². The summed E-state index contributed by atoms with van der Waals surface area (Å²) >= 11 is 0. The first-order valence-corrected chi connectivity index (χ1v) is 5.49. The molecule has 0 aromatic carbocycles. The number of nitrogens with zero attached hydrogens (tertiary/aromatic N) is 3. The topological polar surface area (TPSA) is 110 Å². The van der Waals surface area contributed by atoms with Crippen LogP contribution in [-0.2, 0) is 4.74 Å². The Balaban J connectivity index is 2.78. The zero-order valence-corrected chi connectivity index (χ0v) is 10.4. The minimum atomic E-state index is -0.717. The summed E-state index contributed by atoms with van der Waals surface area (Å²) in [5.41, 5.74) is 0. The number of hydrogen-bond donors (Lipinski definition) is 0. The molecule has 0 aliphatic heterocycles. The summed E-state index contributed by atoms with van der Waals surface area (Å²) in [4.78, 5) is 23.2. The minimum Gasteiger partial charge on any atom is -0.395 e. The second-order valence-electron chi connectivity index (χ2n) is 3.59. The van der Waals surface area contributed by atoms with Gasteiger partial charge in [-0.15, -0.1) is 0 Å². The monoisotopic (exact) mass is 267 g/mol. The van der Waals surface area contributed by atoms with E-state index in [1.54, 1.807) is 0 Å². The van der Waals surface area contributed by atoms with Gasteiger partial charge >= 0.3 is 5.88 Å². The molecule has 1 heterocycles. The highest BCUT2D eigenvalue weighted by Crippen LogP contribution is 2.17. The van der Waals surface area contributed by atoms with Crippen molar-refractivity contribution in [2.24, 2.45) is 0 Å². The molecule has 0 spiro atoms. The molecule has 0 unspecified atom stereocenters. The Morgan fingerprint density at radius 3 is 2.84 bits per heavy atom. The van der Waals surface area contributed by atoms with Crippen molar-refractivity contribution in [3.8, 4) is 6.07 Å². The normalized spacial score (nSPS) is 9.89. The van der Waals surface area contributed by atoms with Gasteiger partial charge in [0, 0.05) is 20.2 Å². The molecule has 1 aromatic heterocycles. The summed E-state index contributed by atoms with van der Waals surface area (Å²) < 4.78 is 9.70. The largest absolute Gasteiger partial charge is 0.433 e. The van der Waals surface area contributed by atoms with E-state index >= 15 is 0 Å². The van der Waals surface area contributed by atoms with Gasteiger partial charge in [0.15, 0.2) is 5.76 Å². The van der Waals surface area contributed by atoms with Crippen LogP contribution < -0.4 is 0 Å². The van der Waals surface area contributed by atoms with E-state index in [9.17, 15) is 14.9 Å². The van der Waals surface area contributed by atoms with Gasteiger partial charge in [0.25, 0.3) is 5.91 Å². The highest BCUT2D eigenvalue weighted by atomic mass is 16.6. The number of methoxy groups -OCH3 is 1. The van der Waals surface area contributed by atoms with Crippen molar-refractivity contribution in [1.82, 2.24) is 4.90 Å². The molecule has 1 rings (SSSR count). The van der Waals surface area contributed by atoms with Crippen LogP contribution in [0.4, 0.5) is 5.88 Å². The Bertz CT molecular complexity index is 491. The fourth-order valence-corrected chi connectivity index (χ4v) is 1.40. The fraction of sp³-hybridized carbons (Fsp3) is 0.455. The van der Waals surface area contributed by atoms with E-state index in [1.165, 1.54) is 18.1 Å². The Kier molecular flexibility index (Phi) is 5.50. The highest BCUT2D eigenvalue weighted by molar-refractivity contribution is 5.91. The number of hydrogen-bond acceptors (Lipinski definition) is 6. The lowest BCUT2D eigenvalue weighted by Crippen LogP contribution is -2.34. The van der Waals surface area contributed by atoms with Gasteiger partial charge in [-0.25, -0.2) is 0 Å². The fourth-order valence-electron chi connectivity index (χ4n) is 1.40. The van der Waals surface area contributed by atoms with Crippen molar-refractivity contribution in [2.75, 3.05) is 26.8 Å². The van der Waals surface area contributed by atoms with Gasteiger partial charge in [-0.1, -0.05) is 0 Å². The quantitative estimate of drug-likeness (QED) is 0.542. The van der Waals surface area contributed by atoms with Crippen LogP contribution in [0.25, 0.3) is 0 Å². The Hall–Kier alpha value is -2.40. The maximum absolute atomic E-state index is 12.0. The lowest BCUT2D eigenvalue weighted by molar-refractivity contribution is -0.402. The molecule has 0 N–H and O–H groups in total. The first kappa shape index (κ1) is 14.7. The van der Waals surface area contributed by atoms with Gasteiger partial charge in [-0.2, -0.15) is 5.26 Å². The van der Waals surface area contributed by atoms with Gasteiger partial charge in [0.1, 0.15) is 4.92 Å². The molecule has 0 aliphatic carbocycles. The first-order chi connectivity index (χ1) is 9.10. The highest BCUT2D eigenvalue weighted by Gasteiger charge is 2.22. The number of nitriles is 1. The summed E-state index contributed by atoms with van der Waals surface area (Å²) in [6.45, 7) is 0.804. The van der Waals surface area contributed by atoms with Crippen molar-refractivity contribution in [2.45, 2.75) is 6.42 Å². The second-order valence-corrected chi connectivity index (χ2v) is 3.59. The summed E-state index contributed by atoms with van der Waals surface area (Å²) in [6, 6.07) is 4.29. The predicted molar refractivity (Wildman–Crippen MR) is 63.4 cm³/mol. The molecule has 0 saturated heterocycles. The zero-order chi connectivity index (χ0) is 14.3. The third kappa shape index (κ3) is 4.08. The zero-order valence-electron chi connectivity index (χ0n) is 10.4. The van der Waals surface area contributed by atoms with Crippen LogP contribution in [0.5, 0.6) is 0 Å². The smallest absolute Gasteiger partial charge is 0.395 e. The summed E-state index contributed by atoms with van der Waals surface area (Å²) in [7, 11) is 1.49. The van der Waals surface area contributed by atoms with Crippen molar-refractivity contribution in [3.05, 3.63) is 28.0 Å². The van der Waals surface area contributed by atoms with Crippen LogP contribution in [0.1, 0.15) is 17.0 Å². The predicted octanol–water partition coefficient (Wildman–Crippen LogP) is 1.19. The van der Waals surface area contributed by atoms with Crippen LogP contribution in [0.3, 0.4) is 0 Å². The van der Waals surface area contributed by atoms with Gasteiger partial charge < -0.3 is 14.1 Å². The maximum Gasteiger partial charge on any atom is 0.433 e. The number of nitro groups is 1. The molecular weight excluding hydrogens is 254 g/mol. The molecule has 0 bridgehead atoms. The van der Waals surface area contributed by atoms with Gasteiger partial charge in [-0.3, -0.25) is 14.9 Å². The number of ether oxygens (including phenoxy) is 1. The number of rotatable bonds is 7. The molecule has 0 radical (unpaired) electrons. The summed E-state index contributed by atoms with van der Waals surface area (Å²) in [5, 5.41) is 19.0. The molecule has 19 heavy (non-hydrogen) atoms. The molecular formula is C11H13N3O5. The maximum atomic E-state index is 12.0. The molecule has 1 amide bonds. The molecule has 102 valence electrons. The van der Waals surface area contributed by atoms with Gasteiger partial charge in [0.05, 0.1) is 25.2 Å². The van der Waals surface area contributed by atoms with E-state index in [-0.39, 0.29) is 25.3 Å². The average molecular weight is 267 g/mol. The van der Waals surface area contributed by atoms with E-state index in [0.29, 0.717) is 6.61 Å². The first-order valence-electron chi connectivity index (χ1n) is 5.49. The van der Waals surface area contributed by atoms with Crippen LogP contribution in [-0.4, -0.2) is 42.5 Å². The Morgan fingerprint density at radius 2 is 2.32 bits per heavy atom. The van der Waals surface area contributed by atoms with Crippen LogP contribution in [0.2, 0.25) is 0 Å². The summed E-state index contributed by atoms with van der Waals surface area (Å²) in [6.07, 6.45) is 0.165. The van der Waals surface area contributed by atoms with Crippen molar-refractivity contribution in [3.63, 3.8) is 0 Å². The number of carbonyl (C=O) groups is 1. The molecule has 8 heteroatoms.